The molecule has 1 fully saturated rings. The molecule has 144 valence electrons. The van der Waals surface area contributed by atoms with E-state index < -0.39 is 6.10 Å². The number of anilines is 1. The average Bonchev–Trinajstić information content (AvgIpc) is 3.21. The number of rotatable bonds is 2. The van der Waals surface area contributed by atoms with E-state index in [0.717, 1.165) is 5.52 Å². The Morgan fingerprint density at radius 3 is 2.75 bits per heavy atom. The molecule has 0 aliphatic carbocycles. The van der Waals surface area contributed by atoms with Crippen LogP contribution in [0.2, 0.25) is 5.28 Å². The number of fused-ring (bicyclic) bond motifs is 2. The summed E-state index contributed by atoms with van der Waals surface area (Å²) >= 11 is 6.02. The monoisotopic (exact) mass is 400 g/mol. The summed E-state index contributed by atoms with van der Waals surface area (Å²) in [7, 11) is 0. The van der Waals surface area contributed by atoms with Crippen molar-refractivity contribution in [2.45, 2.75) is 6.10 Å². The van der Waals surface area contributed by atoms with E-state index in [1.165, 1.54) is 0 Å². The number of hydrogen-bond acceptors (Lipinski definition) is 7. The normalized spacial score (nSPS) is 19.1. The highest BCUT2D eigenvalue weighted by Gasteiger charge is 2.33. The van der Waals surface area contributed by atoms with Gasteiger partial charge in [-0.2, -0.15) is 9.97 Å². The summed E-state index contributed by atoms with van der Waals surface area (Å²) < 4.78 is 11.5. The number of amides is 1. The maximum absolute atomic E-state index is 12.9. The van der Waals surface area contributed by atoms with E-state index in [9.17, 15) is 4.79 Å². The quantitative estimate of drug-likeness (QED) is 0.651. The Bertz CT molecular complexity index is 1030. The minimum absolute atomic E-state index is 0.0680. The number of carbonyl (C=O) groups is 1. The molecule has 1 atom stereocenters. The Balaban J connectivity index is 1.27. The van der Waals surface area contributed by atoms with Gasteiger partial charge in [-0.15, -0.1) is 0 Å². The van der Waals surface area contributed by atoms with Crippen LogP contribution in [0, 0.1) is 0 Å². The van der Waals surface area contributed by atoms with E-state index in [-0.39, 0.29) is 17.8 Å². The average molecular weight is 401 g/mol. The second-order valence-electron chi connectivity index (χ2n) is 6.59. The number of nitrogens with one attached hydrogen (secondary N) is 1. The molecule has 4 heterocycles. The second-order valence-corrected chi connectivity index (χ2v) is 6.93. The topological polar surface area (TPSA) is 96.5 Å². The van der Waals surface area contributed by atoms with Crippen LogP contribution in [0.25, 0.3) is 11.2 Å². The van der Waals surface area contributed by atoms with Crippen molar-refractivity contribution in [3.63, 3.8) is 0 Å². The lowest BCUT2D eigenvalue weighted by Crippen LogP contribution is -2.54. The van der Waals surface area contributed by atoms with Gasteiger partial charge in [-0.05, 0) is 23.7 Å². The molecule has 1 N–H and O–H groups in total. The summed E-state index contributed by atoms with van der Waals surface area (Å²) in [5, 5.41) is 0.152. The Morgan fingerprint density at radius 2 is 1.93 bits per heavy atom. The van der Waals surface area contributed by atoms with Crippen LogP contribution in [0.5, 0.6) is 11.5 Å². The van der Waals surface area contributed by atoms with E-state index in [1.807, 2.05) is 18.2 Å². The van der Waals surface area contributed by atoms with Crippen LogP contribution in [0.1, 0.15) is 0 Å². The third-order valence-corrected chi connectivity index (χ3v) is 5.08. The van der Waals surface area contributed by atoms with Crippen molar-refractivity contribution in [1.82, 2.24) is 24.8 Å². The first-order chi connectivity index (χ1) is 13.7. The molecular weight excluding hydrogens is 384 g/mol. The Labute approximate surface area is 165 Å². The van der Waals surface area contributed by atoms with E-state index >= 15 is 0 Å². The molecule has 0 saturated carbocycles. The van der Waals surface area contributed by atoms with Crippen LogP contribution in [0.4, 0.5) is 5.82 Å². The molecule has 2 aromatic heterocycles. The van der Waals surface area contributed by atoms with Crippen molar-refractivity contribution in [1.29, 1.82) is 0 Å². The number of benzene rings is 1. The first kappa shape index (κ1) is 17.1. The van der Waals surface area contributed by atoms with Crippen LogP contribution >= 0.6 is 11.6 Å². The molecule has 0 radical (unpaired) electrons. The zero-order valence-electron chi connectivity index (χ0n) is 14.8. The number of ether oxygens (including phenoxy) is 2. The van der Waals surface area contributed by atoms with Gasteiger partial charge in [-0.25, -0.2) is 4.98 Å². The summed E-state index contributed by atoms with van der Waals surface area (Å²) in [6.45, 7) is 2.57. The first-order valence-electron chi connectivity index (χ1n) is 8.98. The number of nitrogens with zero attached hydrogens (tertiary/aromatic N) is 5. The summed E-state index contributed by atoms with van der Waals surface area (Å²) in [5.41, 5.74) is 1.27. The van der Waals surface area contributed by atoms with Crippen LogP contribution in [-0.4, -0.2) is 69.6 Å². The Hall–Kier alpha value is -3.07. The number of hydrogen-bond donors (Lipinski definition) is 1. The fourth-order valence-corrected chi connectivity index (χ4v) is 3.66. The van der Waals surface area contributed by atoms with E-state index in [0.29, 0.717) is 49.1 Å². The highest BCUT2D eigenvalue weighted by atomic mass is 35.5. The zero-order valence-corrected chi connectivity index (χ0v) is 15.6. The van der Waals surface area contributed by atoms with Crippen LogP contribution < -0.4 is 14.4 Å². The smallest absolute Gasteiger partial charge is 0.267 e. The van der Waals surface area contributed by atoms with E-state index in [2.05, 4.69) is 24.8 Å². The summed E-state index contributed by atoms with van der Waals surface area (Å²) in [6, 6.07) is 7.37. The largest absolute Gasteiger partial charge is 0.485 e. The molecule has 2 aliphatic rings. The fourth-order valence-electron chi connectivity index (χ4n) is 3.50. The van der Waals surface area contributed by atoms with Crippen molar-refractivity contribution in [2.24, 2.45) is 0 Å². The Kier molecular flexibility index (Phi) is 4.16. The molecule has 5 rings (SSSR count). The van der Waals surface area contributed by atoms with Gasteiger partial charge in [0.05, 0.1) is 6.33 Å². The fraction of sp³-hybridized carbons (Fsp3) is 0.333. The molecule has 9 nitrogen and oxygen atoms in total. The van der Waals surface area contributed by atoms with Gasteiger partial charge in [-0.3, -0.25) is 4.79 Å². The van der Waals surface area contributed by atoms with E-state index in [4.69, 9.17) is 21.1 Å². The molecule has 0 unspecified atom stereocenters. The number of aromatic nitrogens is 4. The molecule has 3 aromatic rings. The molecule has 1 aromatic carbocycles. The first-order valence-corrected chi connectivity index (χ1v) is 9.36. The number of para-hydroxylation sites is 2. The highest BCUT2D eigenvalue weighted by Crippen LogP contribution is 2.31. The minimum Gasteiger partial charge on any atom is -0.485 e. The molecule has 2 aliphatic heterocycles. The molecule has 0 spiro atoms. The lowest BCUT2D eigenvalue weighted by molar-refractivity contribution is -0.141. The summed E-state index contributed by atoms with van der Waals surface area (Å²) in [4.78, 5) is 32.4. The number of H-pyrrole nitrogens is 1. The van der Waals surface area contributed by atoms with Crippen molar-refractivity contribution >= 4 is 34.5 Å². The van der Waals surface area contributed by atoms with Gasteiger partial charge >= 0.3 is 0 Å². The predicted octanol–water partition coefficient (Wildman–Crippen LogP) is 1.49. The third kappa shape index (κ3) is 2.97. The third-order valence-electron chi connectivity index (χ3n) is 4.91. The minimum atomic E-state index is -0.630. The van der Waals surface area contributed by atoms with Crippen molar-refractivity contribution in [2.75, 3.05) is 37.7 Å². The van der Waals surface area contributed by atoms with Gasteiger partial charge in [0.15, 0.2) is 23.0 Å². The Morgan fingerprint density at radius 1 is 1.14 bits per heavy atom. The lowest BCUT2D eigenvalue weighted by Gasteiger charge is -2.37. The molecule has 1 saturated heterocycles. The van der Waals surface area contributed by atoms with Gasteiger partial charge in [0, 0.05) is 26.2 Å². The number of aromatic amines is 1. The van der Waals surface area contributed by atoms with E-state index in [1.54, 1.807) is 17.3 Å². The van der Waals surface area contributed by atoms with Gasteiger partial charge < -0.3 is 24.3 Å². The predicted molar refractivity (Wildman–Crippen MR) is 102 cm³/mol. The maximum Gasteiger partial charge on any atom is 0.267 e. The van der Waals surface area contributed by atoms with Crippen molar-refractivity contribution in [3.05, 3.63) is 35.9 Å². The molecule has 28 heavy (non-hydrogen) atoms. The molecular formula is C18H17ClN6O3. The molecule has 10 heteroatoms. The zero-order chi connectivity index (χ0) is 19.1. The van der Waals surface area contributed by atoms with Gasteiger partial charge in [-0.1, -0.05) is 12.1 Å². The number of piperazine rings is 1. The summed E-state index contributed by atoms with van der Waals surface area (Å²) in [5.74, 6) is 1.90. The van der Waals surface area contributed by atoms with Crippen LogP contribution in [-0.2, 0) is 4.79 Å². The SMILES string of the molecule is O=C([C@@H]1COc2ccccc2O1)N1CCN(c2nc(Cl)nc3nc[nH]c23)CC1. The second kappa shape index (κ2) is 6.83. The van der Waals surface area contributed by atoms with Gasteiger partial charge in [0.25, 0.3) is 5.91 Å². The molecule has 0 bridgehead atoms. The van der Waals surface area contributed by atoms with Crippen LogP contribution in [0.3, 0.4) is 0 Å². The number of halogens is 1. The number of imidazole rings is 1. The van der Waals surface area contributed by atoms with Gasteiger partial charge in [0.2, 0.25) is 11.4 Å². The van der Waals surface area contributed by atoms with Crippen LogP contribution in [0.15, 0.2) is 30.6 Å². The highest BCUT2D eigenvalue weighted by molar-refractivity contribution is 6.28. The number of carbonyl (C=O) groups excluding carboxylic acids is 1. The van der Waals surface area contributed by atoms with Gasteiger partial charge in [0.1, 0.15) is 12.1 Å². The van der Waals surface area contributed by atoms with Crippen molar-refractivity contribution in [3.8, 4) is 11.5 Å². The lowest BCUT2D eigenvalue weighted by atomic mass is 10.2. The standard InChI is InChI=1S/C18H17ClN6O3/c19-18-22-15-14(20-10-21-15)16(23-18)24-5-7-25(8-6-24)17(26)13-9-27-11-3-1-2-4-12(11)28-13/h1-4,10,13H,5-9H2,(H,20,21,22,23)/t13-/m0/s1. The maximum atomic E-state index is 12.9. The molecule has 1 amide bonds. The summed E-state index contributed by atoms with van der Waals surface area (Å²) in [6.07, 6.45) is 0.936. The van der Waals surface area contributed by atoms with Crippen molar-refractivity contribution < 1.29 is 14.3 Å².